The minimum Gasteiger partial charge on any atom is -0.491 e. The van der Waals surface area contributed by atoms with Gasteiger partial charge in [-0.15, -0.1) is 0 Å². The summed E-state index contributed by atoms with van der Waals surface area (Å²) in [7, 11) is 0. The van der Waals surface area contributed by atoms with Crippen molar-refractivity contribution >= 4 is 23.2 Å². The standard InChI is InChI=1S/C23H26N4O2/c1-14(2)29-20-8-6-18(7-9-20)25-22(28)21-13-17(5)24-23(27-21)26-19-11-15(3)10-16(4)12-19/h6-14H,1-5H3,(H,25,28)(H,24,26,27). The number of ether oxygens (including phenoxy) is 1. The number of rotatable bonds is 6. The van der Waals surface area contributed by atoms with E-state index >= 15 is 0 Å². The molecule has 1 amide bonds. The molecule has 2 N–H and O–H groups in total. The Morgan fingerprint density at radius 3 is 2.17 bits per heavy atom. The summed E-state index contributed by atoms with van der Waals surface area (Å²) in [5, 5.41) is 6.06. The fourth-order valence-electron chi connectivity index (χ4n) is 3.00. The van der Waals surface area contributed by atoms with Gasteiger partial charge < -0.3 is 15.4 Å². The smallest absolute Gasteiger partial charge is 0.274 e. The number of hydrogen-bond donors (Lipinski definition) is 2. The number of aromatic nitrogens is 2. The molecular weight excluding hydrogens is 364 g/mol. The van der Waals surface area contributed by atoms with Gasteiger partial charge in [-0.1, -0.05) is 6.07 Å². The molecule has 0 bridgehead atoms. The van der Waals surface area contributed by atoms with Crippen LogP contribution in [-0.2, 0) is 0 Å². The summed E-state index contributed by atoms with van der Waals surface area (Å²) in [6.07, 6.45) is 0.0996. The molecule has 3 rings (SSSR count). The minimum absolute atomic E-state index is 0.0996. The van der Waals surface area contributed by atoms with Crippen molar-refractivity contribution in [1.82, 2.24) is 9.97 Å². The Bertz CT molecular complexity index is 994. The Labute approximate surface area is 171 Å². The number of carbonyl (C=O) groups is 1. The van der Waals surface area contributed by atoms with Crippen LogP contribution >= 0.6 is 0 Å². The van der Waals surface area contributed by atoms with Crippen molar-refractivity contribution in [2.45, 2.75) is 40.7 Å². The first kappa shape index (κ1) is 20.3. The molecule has 6 nitrogen and oxygen atoms in total. The fraction of sp³-hybridized carbons (Fsp3) is 0.261. The average Bonchev–Trinajstić information content (AvgIpc) is 2.61. The van der Waals surface area contributed by atoms with Gasteiger partial charge >= 0.3 is 0 Å². The number of nitrogens with one attached hydrogen (secondary N) is 2. The van der Waals surface area contributed by atoms with Gasteiger partial charge in [0.25, 0.3) is 5.91 Å². The third-order valence-electron chi connectivity index (χ3n) is 4.05. The molecule has 1 aromatic heterocycles. The first-order valence-electron chi connectivity index (χ1n) is 9.57. The monoisotopic (exact) mass is 390 g/mol. The summed E-state index contributed by atoms with van der Waals surface area (Å²) >= 11 is 0. The summed E-state index contributed by atoms with van der Waals surface area (Å²) in [6.45, 7) is 9.84. The molecule has 0 unspecified atom stereocenters. The maximum atomic E-state index is 12.7. The van der Waals surface area contributed by atoms with Crippen LogP contribution in [0.4, 0.5) is 17.3 Å². The third kappa shape index (κ3) is 5.78. The van der Waals surface area contributed by atoms with Gasteiger partial charge in [-0.2, -0.15) is 0 Å². The molecule has 0 aliphatic heterocycles. The van der Waals surface area contributed by atoms with Gasteiger partial charge in [-0.05, 0) is 88.2 Å². The lowest BCUT2D eigenvalue weighted by molar-refractivity contribution is 0.102. The van der Waals surface area contributed by atoms with Gasteiger partial charge in [0.05, 0.1) is 6.10 Å². The number of benzene rings is 2. The van der Waals surface area contributed by atoms with Gasteiger partial charge in [0, 0.05) is 17.1 Å². The summed E-state index contributed by atoms with van der Waals surface area (Å²) in [5.41, 5.74) is 4.85. The zero-order valence-electron chi connectivity index (χ0n) is 17.4. The largest absolute Gasteiger partial charge is 0.491 e. The first-order valence-corrected chi connectivity index (χ1v) is 9.57. The molecule has 0 saturated heterocycles. The number of amides is 1. The zero-order chi connectivity index (χ0) is 21.0. The van der Waals surface area contributed by atoms with Gasteiger partial charge in [0.1, 0.15) is 11.4 Å². The van der Waals surface area contributed by atoms with Crippen LogP contribution in [0, 0.1) is 20.8 Å². The summed E-state index contributed by atoms with van der Waals surface area (Å²) in [6, 6.07) is 15.0. The molecule has 6 heteroatoms. The van der Waals surface area contributed by atoms with Gasteiger partial charge in [0.15, 0.2) is 0 Å². The van der Waals surface area contributed by atoms with Gasteiger partial charge in [-0.3, -0.25) is 4.79 Å². The molecule has 0 aliphatic rings. The Morgan fingerprint density at radius 2 is 1.55 bits per heavy atom. The highest BCUT2D eigenvalue weighted by Crippen LogP contribution is 2.20. The van der Waals surface area contributed by atoms with E-state index in [2.05, 4.69) is 26.7 Å². The lowest BCUT2D eigenvalue weighted by Gasteiger charge is -2.11. The van der Waals surface area contributed by atoms with Crippen molar-refractivity contribution in [2.24, 2.45) is 0 Å². The van der Waals surface area contributed by atoms with Crippen molar-refractivity contribution in [3.8, 4) is 5.75 Å². The Balaban J connectivity index is 1.75. The van der Waals surface area contributed by atoms with E-state index in [0.29, 0.717) is 23.0 Å². The highest BCUT2D eigenvalue weighted by molar-refractivity contribution is 6.03. The average molecular weight is 390 g/mol. The molecule has 0 fully saturated rings. The molecule has 0 spiro atoms. The van der Waals surface area contributed by atoms with Crippen LogP contribution in [0.2, 0.25) is 0 Å². The topological polar surface area (TPSA) is 76.1 Å². The van der Waals surface area contributed by atoms with E-state index in [9.17, 15) is 4.79 Å². The van der Waals surface area contributed by atoms with E-state index in [1.165, 1.54) is 0 Å². The Kier molecular flexibility index (Phi) is 6.12. The number of hydrogen-bond acceptors (Lipinski definition) is 5. The van der Waals surface area contributed by atoms with Gasteiger partial charge in [0.2, 0.25) is 5.95 Å². The lowest BCUT2D eigenvalue weighted by Crippen LogP contribution is -2.15. The number of aryl methyl sites for hydroxylation is 3. The second kappa shape index (κ2) is 8.73. The number of carbonyl (C=O) groups excluding carboxylic acids is 1. The summed E-state index contributed by atoms with van der Waals surface area (Å²) in [5.74, 6) is 0.855. The SMILES string of the molecule is Cc1cc(C)cc(Nc2nc(C)cc(C(=O)Nc3ccc(OC(C)C)cc3)n2)c1. The predicted molar refractivity (Wildman–Crippen MR) is 116 cm³/mol. The van der Waals surface area contributed by atoms with E-state index in [0.717, 1.165) is 22.6 Å². The van der Waals surface area contributed by atoms with Crippen LogP contribution in [0.25, 0.3) is 0 Å². The Hall–Kier alpha value is -3.41. The summed E-state index contributed by atoms with van der Waals surface area (Å²) in [4.78, 5) is 21.5. The fourth-order valence-corrected chi connectivity index (χ4v) is 3.00. The second-order valence-electron chi connectivity index (χ2n) is 7.36. The normalized spacial score (nSPS) is 10.7. The highest BCUT2D eigenvalue weighted by Gasteiger charge is 2.12. The van der Waals surface area contributed by atoms with E-state index in [1.807, 2.05) is 58.9 Å². The quantitative estimate of drug-likeness (QED) is 0.606. The first-order chi connectivity index (χ1) is 13.8. The van der Waals surface area contributed by atoms with Crippen molar-refractivity contribution in [2.75, 3.05) is 10.6 Å². The maximum Gasteiger partial charge on any atom is 0.274 e. The maximum absolute atomic E-state index is 12.7. The van der Waals surface area contributed by atoms with Crippen LogP contribution in [0.1, 0.15) is 41.2 Å². The molecule has 0 saturated carbocycles. The second-order valence-corrected chi connectivity index (χ2v) is 7.36. The van der Waals surface area contributed by atoms with Gasteiger partial charge in [-0.25, -0.2) is 9.97 Å². The van der Waals surface area contributed by atoms with Crippen LogP contribution < -0.4 is 15.4 Å². The molecule has 1 heterocycles. The molecule has 3 aromatic rings. The van der Waals surface area contributed by atoms with Crippen molar-refractivity contribution < 1.29 is 9.53 Å². The van der Waals surface area contributed by atoms with Crippen molar-refractivity contribution in [3.63, 3.8) is 0 Å². The molecule has 0 aliphatic carbocycles. The van der Waals surface area contributed by atoms with Crippen LogP contribution in [0.15, 0.2) is 48.5 Å². The minimum atomic E-state index is -0.295. The lowest BCUT2D eigenvalue weighted by atomic mass is 10.1. The number of anilines is 3. The Morgan fingerprint density at radius 1 is 0.897 bits per heavy atom. The van der Waals surface area contributed by atoms with Crippen molar-refractivity contribution in [1.29, 1.82) is 0 Å². The third-order valence-corrected chi connectivity index (χ3v) is 4.05. The summed E-state index contributed by atoms with van der Waals surface area (Å²) < 4.78 is 5.62. The van der Waals surface area contributed by atoms with E-state index in [-0.39, 0.29) is 12.0 Å². The van der Waals surface area contributed by atoms with Crippen molar-refractivity contribution in [3.05, 3.63) is 71.0 Å². The predicted octanol–water partition coefficient (Wildman–Crippen LogP) is 5.18. The van der Waals surface area contributed by atoms with Crippen LogP contribution in [0.5, 0.6) is 5.75 Å². The molecule has 0 radical (unpaired) electrons. The molecule has 2 aromatic carbocycles. The molecule has 0 atom stereocenters. The molecule has 150 valence electrons. The van der Waals surface area contributed by atoms with E-state index < -0.39 is 0 Å². The molecule has 29 heavy (non-hydrogen) atoms. The number of nitrogens with zero attached hydrogens (tertiary/aromatic N) is 2. The zero-order valence-corrected chi connectivity index (χ0v) is 17.4. The van der Waals surface area contributed by atoms with E-state index in [1.54, 1.807) is 18.2 Å². The van der Waals surface area contributed by atoms with E-state index in [4.69, 9.17) is 4.74 Å². The molecular formula is C23H26N4O2. The van der Waals surface area contributed by atoms with Crippen LogP contribution in [-0.4, -0.2) is 22.0 Å². The highest BCUT2D eigenvalue weighted by atomic mass is 16.5. The van der Waals surface area contributed by atoms with Crippen LogP contribution in [0.3, 0.4) is 0 Å².